The van der Waals surface area contributed by atoms with Crippen molar-refractivity contribution >= 4 is 5.69 Å². The van der Waals surface area contributed by atoms with Gasteiger partial charge in [0.05, 0.1) is 23.8 Å². The number of anilines is 1. The summed E-state index contributed by atoms with van der Waals surface area (Å²) in [5.74, 6) is 0. The number of aryl methyl sites for hydroxylation is 2. The third kappa shape index (κ3) is 2.36. The summed E-state index contributed by atoms with van der Waals surface area (Å²) in [6.45, 7) is 2.86. The van der Waals surface area contributed by atoms with E-state index in [1.54, 1.807) is 12.4 Å². The summed E-state index contributed by atoms with van der Waals surface area (Å²) < 4.78 is 1.84. The lowest BCUT2D eigenvalue weighted by molar-refractivity contribution is 0.746. The van der Waals surface area contributed by atoms with Crippen LogP contribution in [-0.2, 0) is 20.0 Å². The number of hydrogen-bond acceptors (Lipinski definition) is 4. The van der Waals surface area contributed by atoms with Gasteiger partial charge in [0, 0.05) is 25.4 Å². The summed E-state index contributed by atoms with van der Waals surface area (Å²) in [6.07, 6.45) is 8.02. The molecule has 2 aromatic heterocycles. The van der Waals surface area contributed by atoms with Crippen LogP contribution in [0.15, 0.2) is 24.9 Å². The molecule has 0 radical (unpaired) electrons. The van der Waals surface area contributed by atoms with Crippen molar-refractivity contribution in [1.82, 2.24) is 19.7 Å². The first kappa shape index (κ1) is 10.6. The van der Waals surface area contributed by atoms with Crippen molar-refractivity contribution in [3.8, 4) is 0 Å². The van der Waals surface area contributed by atoms with Crippen molar-refractivity contribution in [2.45, 2.75) is 19.9 Å². The van der Waals surface area contributed by atoms with Gasteiger partial charge in [-0.3, -0.25) is 4.68 Å². The van der Waals surface area contributed by atoms with Crippen LogP contribution in [0.25, 0.3) is 0 Å². The summed E-state index contributed by atoms with van der Waals surface area (Å²) in [5.41, 5.74) is 3.27. The molecule has 16 heavy (non-hydrogen) atoms. The second-order valence-electron chi connectivity index (χ2n) is 3.61. The average Bonchev–Trinajstić information content (AvgIpc) is 2.68. The number of aromatic nitrogens is 4. The van der Waals surface area contributed by atoms with Gasteiger partial charge in [0.1, 0.15) is 6.33 Å². The molecule has 0 aliphatic heterocycles. The van der Waals surface area contributed by atoms with Crippen LogP contribution in [0.2, 0.25) is 0 Å². The fourth-order valence-corrected chi connectivity index (χ4v) is 1.62. The van der Waals surface area contributed by atoms with Crippen LogP contribution >= 0.6 is 0 Å². The van der Waals surface area contributed by atoms with Crippen LogP contribution in [0.4, 0.5) is 5.69 Å². The molecule has 2 rings (SSSR count). The van der Waals surface area contributed by atoms with Crippen LogP contribution in [0.5, 0.6) is 0 Å². The van der Waals surface area contributed by atoms with Crippen LogP contribution in [-0.4, -0.2) is 19.7 Å². The van der Waals surface area contributed by atoms with Gasteiger partial charge in [0.15, 0.2) is 0 Å². The monoisotopic (exact) mass is 217 g/mol. The molecular weight excluding hydrogens is 202 g/mol. The van der Waals surface area contributed by atoms with Crippen molar-refractivity contribution in [2.75, 3.05) is 5.32 Å². The second-order valence-corrected chi connectivity index (χ2v) is 3.61. The first-order valence-electron chi connectivity index (χ1n) is 5.30. The van der Waals surface area contributed by atoms with Crippen molar-refractivity contribution in [2.24, 2.45) is 7.05 Å². The highest BCUT2D eigenvalue weighted by Gasteiger charge is 2.05. The SMILES string of the molecule is CCc1nn(C)cc1CNc1cncnc1. The predicted molar refractivity (Wildman–Crippen MR) is 61.9 cm³/mol. The van der Waals surface area contributed by atoms with E-state index >= 15 is 0 Å². The lowest BCUT2D eigenvalue weighted by atomic mass is 10.2. The van der Waals surface area contributed by atoms with Gasteiger partial charge in [-0.25, -0.2) is 9.97 Å². The molecule has 0 saturated carbocycles. The van der Waals surface area contributed by atoms with Gasteiger partial charge in [-0.15, -0.1) is 0 Å². The maximum atomic E-state index is 4.39. The molecule has 5 nitrogen and oxygen atoms in total. The fourth-order valence-electron chi connectivity index (χ4n) is 1.62. The zero-order valence-electron chi connectivity index (χ0n) is 9.51. The molecule has 0 aliphatic rings. The standard InChI is InChI=1S/C11H15N5/c1-3-11-9(7-16(2)15-11)4-14-10-5-12-8-13-6-10/h5-8,14H,3-4H2,1-2H3. The number of hydrogen-bond donors (Lipinski definition) is 1. The molecule has 0 amide bonds. The van der Waals surface area contributed by atoms with Crippen molar-refractivity contribution in [1.29, 1.82) is 0 Å². The molecule has 0 saturated heterocycles. The molecule has 0 unspecified atom stereocenters. The molecule has 0 bridgehead atoms. The Bertz CT molecular complexity index is 449. The van der Waals surface area contributed by atoms with Gasteiger partial charge in [-0.2, -0.15) is 5.10 Å². The van der Waals surface area contributed by atoms with Crippen LogP contribution < -0.4 is 5.32 Å². The molecule has 84 valence electrons. The third-order valence-corrected chi connectivity index (χ3v) is 2.37. The highest BCUT2D eigenvalue weighted by atomic mass is 15.3. The molecular formula is C11H15N5. The van der Waals surface area contributed by atoms with E-state index in [1.165, 1.54) is 11.9 Å². The van der Waals surface area contributed by atoms with Crippen LogP contribution in [0.1, 0.15) is 18.2 Å². The topological polar surface area (TPSA) is 55.6 Å². The molecule has 2 heterocycles. The van der Waals surface area contributed by atoms with E-state index in [9.17, 15) is 0 Å². The average molecular weight is 217 g/mol. The molecule has 0 fully saturated rings. The van der Waals surface area contributed by atoms with Gasteiger partial charge in [0.25, 0.3) is 0 Å². The normalized spacial score (nSPS) is 10.4. The molecule has 0 spiro atoms. The maximum absolute atomic E-state index is 4.39. The molecule has 5 heteroatoms. The minimum Gasteiger partial charge on any atom is -0.378 e. The van der Waals surface area contributed by atoms with Crippen LogP contribution in [0.3, 0.4) is 0 Å². The second kappa shape index (κ2) is 4.74. The Morgan fingerprint density at radius 2 is 2.06 bits per heavy atom. The first-order chi connectivity index (χ1) is 7.79. The van der Waals surface area contributed by atoms with Gasteiger partial charge in [0.2, 0.25) is 0 Å². The zero-order chi connectivity index (χ0) is 11.4. The van der Waals surface area contributed by atoms with E-state index in [0.29, 0.717) is 0 Å². The summed E-state index contributed by atoms with van der Waals surface area (Å²) in [7, 11) is 1.94. The number of nitrogens with one attached hydrogen (secondary N) is 1. The summed E-state index contributed by atoms with van der Waals surface area (Å²) >= 11 is 0. The lowest BCUT2D eigenvalue weighted by Crippen LogP contribution is -2.01. The molecule has 1 N–H and O–H groups in total. The van der Waals surface area contributed by atoms with E-state index in [-0.39, 0.29) is 0 Å². The zero-order valence-corrected chi connectivity index (χ0v) is 9.51. The van der Waals surface area contributed by atoms with Gasteiger partial charge in [-0.1, -0.05) is 6.92 Å². The third-order valence-electron chi connectivity index (χ3n) is 2.37. The lowest BCUT2D eigenvalue weighted by Gasteiger charge is -2.04. The van der Waals surface area contributed by atoms with Gasteiger partial charge < -0.3 is 5.32 Å². The Hall–Kier alpha value is -1.91. The Kier molecular flexibility index (Phi) is 3.14. The first-order valence-corrected chi connectivity index (χ1v) is 5.30. The molecule has 0 aliphatic carbocycles. The van der Waals surface area contributed by atoms with Crippen LogP contribution in [0, 0.1) is 0 Å². The van der Waals surface area contributed by atoms with Gasteiger partial charge in [-0.05, 0) is 6.42 Å². The molecule has 0 aromatic carbocycles. The predicted octanol–water partition coefficient (Wildman–Crippen LogP) is 1.38. The van der Waals surface area contributed by atoms with Crippen molar-refractivity contribution in [3.63, 3.8) is 0 Å². The minimum absolute atomic E-state index is 0.754. The smallest absolute Gasteiger partial charge is 0.115 e. The van der Waals surface area contributed by atoms with E-state index in [2.05, 4.69) is 27.3 Å². The number of nitrogens with zero attached hydrogens (tertiary/aromatic N) is 4. The van der Waals surface area contributed by atoms with E-state index in [4.69, 9.17) is 0 Å². The molecule has 0 atom stereocenters. The Labute approximate surface area is 94.5 Å². The summed E-state index contributed by atoms with van der Waals surface area (Å²) in [5, 5.41) is 7.66. The van der Waals surface area contributed by atoms with Gasteiger partial charge >= 0.3 is 0 Å². The number of rotatable bonds is 4. The fraction of sp³-hybridized carbons (Fsp3) is 0.364. The Morgan fingerprint density at radius 1 is 1.31 bits per heavy atom. The van der Waals surface area contributed by atoms with Crippen molar-refractivity contribution < 1.29 is 0 Å². The summed E-state index contributed by atoms with van der Waals surface area (Å²) in [6, 6.07) is 0. The van der Waals surface area contributed by atoms with E-state index in [1.807, 2.05) is 17.9 Å². The van der Waals surface area contributed by atoms with E-state index in [0.717, 1.165) is 24.3 Å². The Morgan fingerprint density at radius 3 is 2.75 bits per heavy atom. The highest BCUT2D eigenvalue weighted by Crippen LogP contribution is 2.10. The Balaban J connectivity index is 2.04. The van der Waals surface area contributed by atoms with E-state index < -0.39 is 0 Å². The summed E-state index contributed by atoms with van der Waals surface area (Å²) in [4.78, 5) is 7.90. The molecule has 2 aromatic rings. The quantitative estimate of drug-likeness (QED) is 0.840. The largest absolute Gasteiger partial charge is 0.378 e. The minimum atomic E-state index is 0.754. The maximum Gasteiger partial charge on any atom is 0.115 e. The highest BCUT2D eigenvalue weighted by molar-refractivity contribution is 5.38. The van der Waals surface area contributed by atoms with Crippen molar-refractivity contribution in [3.05, 3.63) is 36.2 Å².